The van der Waals surface area contributed by atoms with E-state index in [1.54, 1.807) is 12.2 Å². The Hall–Kier alpha value is -0.740. The van der Waals surface area contributed by atoms with Crippen LogP contribution >= 0.6 is 0 Å². The first kappa shape index (κ1) is 15.6. The van der Waals surface area contributed by atoms with Gasteiger partial charge in [0.15, 0.2) is 0 Å². The van der Waals surface area contributed by atoms with Gasteiger partial charge in [-0.15, -0.1) is 0 Å². The third-order valence-electron chi connectivity index (χ3n) is 4.57. The summed E-state index contributed by atoms with van der Waals surface area (Å²) in [7, 11) is 0. The minimum absolute atomic E-state index is 0.00721. The SMILES string of the molecule is CC(CCC(C)N1CCC=C(F)C1)N1CC=C(F)CC1. The fourth-order valence-corrected chi connectivity index (χ4v) is 3.01. The van der Waals surface area contributed by atoms with Crippen LogP contribution < -0.4 is 0 Å². The Balaban J connectivity index is 1.73. The normalized spacial score (nSPS) is 25.0. The maximum atomic E-state index is 13.3. The van der Waals surface area contributed by atoms with Crippen LogP contribution in [-0.2, 0) is 0 Å². The summed E-state index contributed by atoms with van der Waals surface area (Å²) in [6.45, 7) is 7.36. The quantitative estimate of drug-likeness (QED) is 0.760. The molecule has 0 radical (unpaired) electrons. The van der Waals surface area contributed by atoms with Crippen molar-refractivity contribution in [1.82, 2.24) is 9.80 Å². The molecule has 2 aliphatic heterocycles. The zero-order chi connectivity index (χ0) is 14.5. The van der Waals surface area contributed by atoms with Crippen LogP contribution in [0.4, 0.5) is 8.78 Å². The minimum Gasteiger partial charge on any atom is -0.296 e. The lowest BCUT2D eigenvalue weighted by molar-refractivity contribution is 0.163. The number of nitrogens with zero attached hydrogens (tertiary/aromatic N) is 2. The maximum Gasteiger partial charge on any atom is 0.110 e. The highest BCUT2D eigenvalue weighted by atomic mass is 19.1. The van der Waals surface area contributed by atoms with E-state index in [-0.39, 0.29) is 11.7 Å². The molecule has 0 aromatic carbocycles. The Bertz CT molecular complexity index is 379. The van der Waals surface area contributed by atoms with Gasteiger partial charge in [-0.05, 0) is 39.2 Å². The van der Waals surface area contributed by atoms with Gasteiger partial charge in [0.2, 0.25) is 0 Å². The fraction of sp³-hybridized carbons (Fsp3) is 0.750. The first-order chi connectivity index (χ1) is 9.56. The smallest absolute Gasteiger partial charge is 0.110 e. The molecule has 0 spiro atoms. The van der Waals surface area contributed by atoms with E-state index < -0.39 is 0 Å². The number of rotatable bonds is 5. The van der Waals surface area contributed by atoms with E-state index >= 15 is 0 Å². The fourth-order valence-electron chi connectivity index (χ4n) is 3.01. The Morgan fingerprint density at radius 2 is 1.70 bits per heavy atom. The highest BCUT2D eigenvalue weighted by Gasteiger charge is 2.21. The predicted molar refractivity (Wildman–Crippen MR) is 78.9 cm³/mol. The summed E-state index contributed by atoms with van der Waals surface area (Å²) in [5, 5.41) is 0. The summed E-state index contributed by atoms with van der Waals surface area (Å²) in [6.07, 6.45) is 6.90. The van der Waals surface area contributed by atoms with Gasteiger partial charge >= 0.3 is 0 Å². The lowest BCUT2D eigenvalue weighted by Gasteiger charge is -2.34. The van der Waals surface area contributed by atoms with E-state index in [0.717, 1.165) is 38.9 Å². The van der Waals surface area contributed by atoms with Gasteiger partial charge in [-0.1, -0.05) is 6.08 Å². The monoisotopic (exact) mass is 284 g/mol. The van der Waals surface area contributed by atoms with Crippen molar-refractivity contribution in [2.24, 2.45) is 0 Å². The summed E-state index contributed by atoms with van der Waals surface area (Å²) in [4.78, 5) is 4.55. The van der Waals surface area contributed by atoms with Crippen LogP contribution in [0.3, 0.4) is 0 Å². The molecular weight excluding hydrogens is 258 g/mol. The van der Waals surface area contributed by atoms with Crippen molar-refractivity contribution in [3.8, 4) is 0 Å². The van der Waals surface area contributed by atoms with Gasteiger partial charge in [0, 0.05) is 38.1 Å². The van der Waals surface area contributed by atoms with Gasteiger partial charge in [-0.25, -0.2) is 8.78 Å². The van der Waals surface area contributed by atoms with Gasteiger partial charge in [0.05, 0.1) is 12.4 Å². The molecule has 0 bridgehead atoms. The minimum atomic E-state index is 0.00721. The molecule has 0 fully saturated rings. The largest absolute Gasteiger partial charge is 0.296 e. The average molecular weight is 284 g/mol. The Kier molecular flexibility index (Phi) is 5.73. The molecule has 20 heavy (non-hydrogen) atoms. The molecule has 0 N–H and O–H groups in total. The van der Waals surface area contributed by atoms with Crippen LogP contribution in [0.1, 0.15) is 39.5 Å². The predicted octanol–water partition coefficient (Wildman–Crippen LogP) is 3.66. The van der Waals surface area contributed by atoms with Crippen molar-refractivity contribution < 1.29 is 8.78 Å². The topological polar surface area (TPSA) is 6.48 Å². The number of hydrogen-bond donors (Lipinski definition) is 0. The molecule has 2 unspecified atom stereocenters. The summed E-state index contributed by atoms with van der Waals surface area (Å²) < 4.78 is 26.3. The lowest BCUT2D eigenvalue weighted by atomic mass is 10.0. The van der Waals surface area contributed by atoms with Crippen LogP contribution in [0.25, 0.3) is 0 Å². The standard InChI is InChI=1S/C16H26F2N2/c1-13(19-10-7-15(17)8-11-19)5-6-14(2)20-9-3-4-16(18)12-20/h4,7,13-14H,3,5-6,8-12H2,1-2H3. The molecule has 2 atom stereocenters. The van der Waals surface area contributed by atoms with Crippen LogP contribution in [-0.4, -0.2) is 48.1 Å². The van der Waals surface area contributed by atoms with Crippen molar-refractivity contribution in [3.05, 3.63) is 23.8 Å². The van der Waals surface area contributed by atoms with Crippen LogP contribution in [0.2, 0.25) is 0 Å². The summed E-state index contributed by atoms with van der Waals surface area (Å²) in [6, 6.07) is 0.876. The van der Waals surface area contributed by atoms with Crippen molar-refractivity contribution in [3.63, 3.8) is 0 Å². The first-order valence-electron chi connectivity index (χ1n) is 7.73. The third-order valence-corrected chi connectivity index (χ3v) is 4.57. The Morgan fingerprint density at radius 3 is 2.30 bits per heavy atom. The maximum absolute atomic E-state index is 13.3. The molecule has 0 amide bonds. The van der Waals surface area contributed by atoms with Crippen LogP contribution in [0, 0.1) is 0 Å². The summed E-state index contributed by atoms with van der Waals surface area (Å²) in [5.74, 6) is 0.0326. The molecule has 2 nitrogen and oxygen atoms in total. The molecule has 0 aromatic rings. The Labute approximate surface area is 121 Å². The first-order valence-corrected chi connectivity index (χ1v) is 7.73. The van der Waals surface area contributed by atoms with Crippen molar-refractivity contribution in [2.45, 2.75) is 51.6 Å². The molecule has 0 aromatic heterocycles. The zero-order valence-corrected chi connectivity index (χ0v) is 12.6. The molecule has 2 aliphatic rings. The highest BCUT2D eigenvalue weighted by molar-refractivity contribution is 5.01. The van der Waals surface area contributed by atoms with E-state index in [1.165, 1.54) is 0 Å². The zero-order valence-electron chi connectivity index (χ0n) is 12.6. The highest BCUT2D eigenvalue weighted by Crippen LogP contribution is 2.20. The number of halogens is 2. The molecule has 0 saturated heterocycles. The lowest BCUT2D eigenvalue weighted by Crippen LogP contribution is -2.40. The van der Waals surface area contributed by atoms with Gasteiger partial charge in [-0.2, -0.15) is 0 Å². The molecule has 2 heterocycles. The van der Waals surface area contributed by atoms with E-state index in [4.69, 9.17) is 0 Å². The van der Waals surface area contributed by atoms with Crippen LogP contribution in [0.15, 0.2) is 23.8 Å². The van der Waals surface area contributed by atoms with Gasteiger partial charge < -0.3 is 0 Å². The van der Waals surface area contributed by atoms with E-state index in [2.05, 4.69) is 23.6 Å². The van der Waals surface area contributed by atoms with Crippen molar-refractivity contribution >= 4 is 0 Å². The van der Waals surface area contributed by atoms with E-state index in [9.17, 15) is 8.78 Å². The van der Waals surface area contributed by atoms with Gasteiger partial charge in [0.25, 0.3) is 0 Å². The summed E-state index contributed by atoms with van der Waals surface area (Å²) in [5.41, 5.74) is 0. The van der Waals surface area contributed by atoms with Crippen molar-refractivity contribution in [2.75, 3.05) is 26.2 Å². The third kappa shape index (κ3) is 4.38. The van der Waals surface area contributed by atoms with Gasteiger partial charge in [0.1, 0.15) is 5.83 Å². The second-order valence-corrected chi connectivity index (χ2v) is 6.08. The number of hydrogen-bond acceptors (Lipinski definition) is 2. The summed E-state index contributed by atoms with van der Waals surface area (Å²) >= 11 is 0. The molecule has 4 heteroatoms. The van der Waals surface area contributed by atoms with E-state index in [0.29, 0.717) is 25.0 Å². The molecular formula is C16H26F2N2. The molecule has 0 saturated carbocycles. The molecule has 0 aliphatic carbocycles. The van der Waals surface area contributed by atoms with Crippen LogP contribution in [0.5, 0.6) is 0 Å². The van der Waals surface area contributed by atoms with Gasteiger partial charge in [-0.3, -0.25) is 9.80 Å². The second kappa shape index (κ2) is 7.32. The average Bonchev–Trinajstić information content (AvgIpc) is 2.45. The van der Waals surface area contributed by atoms with E-state index in [1.807, 2.05) is 0 Å². The molecule has 114 valence electrons. The van der Waals surface area contributed by atoms with Crippen molar-refractivity contribution in [1.29, 1.82) is 0 Å². The Morgan fingerprint density at radius 1 is 1.00 bits per heavy atom. The second-order valence-electron chi connectivity index (χ2n) is 6.08. The molecule has 2 rings (SSSR count).